The molecule has 2 aromatic rings. The van der Waals surface area contributed by atoms with Gasteiger partial charge in [-0.3, -0.25) is 10.1 Å². The van der Waals surface area contributed by atoms with E-state index in [9.17, 15) is 10.1 Å². The van der Waals surface area contributed by atoms with Gasteiger partial charge in [0.25, 0.3) is 0 Å². The van der Waals surface area contributed by atoms with Crippen molar-refractivity contribution in [3.8, 4) is 0 Å². The van der Waals surface area contributed by atoms with E-state index in [1.807, 2.05) is 60.7 Å². The van der Waals surface area contributed by atoms with Crippen LogP contribution in [0.5, 0.6) is 0 Å². The lowest BCUT2D eigenvalue weighted by atomic mass is 10.1. The minimum atomic E-state index is -0.632. The molecule has 0 unspecified atom stereocenters. The second kappa shape index (κ2) is 6.38. The Kier molecular flexibility index (Phi) is 4.58. The zero-order valence-corrected chi connectivity index (χ0v) is 11.4. The summed E-state index contributed by atoms with van der Waals surface area (Å²) in [6.45, 7) is 1.66. The minimum Gasteiger partial charge on any atom is -0.264 e. The highest BCUT2D eigenvalue weighted by Crippen LogP contribution is 2.38. The molecule has 0 amide bonds. The first kappa shape index (κ1) is 13.6. The average Bonchev–Trinajstić information content (AvgIpc) is 2.46. The second-order valence-corrected chi connectivity index (χ2v) is 5.50. The molecule has 0 heterocycles. The Balaban J connectivity index is 2.27. The minimum absolute atomic E-state index is 0.182. The van der Waals surface area contributed by atoms with Gasteiger partial charge in [0.15, 0.2) is 0 Å². The summed E-state index contributed by atoms with van der Waals surface area (Å²) in [6, 6.07) is 18.8. The van der Waals surface area contributed by atoms with Crippen LogP contribution in [-0.4, -0.2) is 11.0 Å². The molecular weight excluding hydrogens is 258 g/mol. The Hall–Kier alpha value is -1.81. The Morgan fingerprint density at radius 3 is 2.05 bits per heavy atom. The first-order valence-electron chi connectivity index (χ1n) is 6.08. The molecule has 19 heavy (non-hydrogen) atoms. The zero-order valence-electron chi connectivity index (χ0n) is 10.6. The predicted molar refractivity (Wildman–Crippen MR) is 77.9 cm³/mol. The van der Waals surface area contributed by atoms with E-state index in [2.05, 4.69) is 0 Å². The molecular formula is C15H15NO2S. The standard InChI is InChI=1S/C15H15NO2S/c1-12(16(17)18)15(13-8-4-2-5-9-13)19-14-10-6-3-7-11-14/h2-12,15H,1H3/t12-,15-/m1/s1. The van der Waals surface area contributed by atoms with Gasteiger partial charge in [0.2, 0.25) is 6.04 Å². The molecule has 2 rings (SSSR count). The molecule has 4 heteroatoms. The van der Waals surface area contributed by atoms with Crippen molar-refractivity contribution < 1.29 is 4.92 Å². The Bertz CT molecular complexity index is 530. The molecule has 0 saturated heterocycles. The van der Waals surface area contributed by atoms with Crippen molar-refractivity contribution in [1.29, 1.82) is 0 Å². The van der Waals surface area contributed by atoms with E-state index in [1.54, 1.807) is 6.92 Å². The van der Waals surface area contributed by atoms with Crippen molar-refractivity contribution in [2.24, 2.45) is 0 Å². The van der Waals surface area contributed by atoms with Gasteiger partial charge in [-0.15, -0.1) is 11.8 Å². The third-order valence-electron chi connectivity index (χ3n) is 2.91. The quantitative estimate of drug-likeness (QED) is 0.466. The molecule has 0 spiro atoms. The average molecular weight is 273 g/mol. The van der Waals surface area contributed by atoms with Crippen molar-refractivity contribution in [2.45, 2.75) is 23.1 Å². The molecule has 2 atom stereocenters. The maximum Gasteiger partial charge on any atom is 0.226 e. The molecule has 2 aromatic carbocycles. The summed E-state index contributed by atoms with van der Waals surface area (Å²) in [7, 11) is 0. The van der Waals surface area contributed by atoms with Crippen LogP contribution in [0.1, 0.15) is 17.7 Å². The van der Waals surface area contributed by atoms with E-state index >= 15 is 0 Å². The van der Waals surface area contributed by atoms with Crippen LogP contribution in [0.15, 0.2) is 65.6 Å². The molecule has 0 aliphatic heterocycles. The lowest BCUT2D eigenvalue weighted by molar-refractivity contribution is -0.518. The highest BCUT2D eigenvalue weighted by atomic mass is 32.2. The zero-order chi connectivity index (χ0) is 13.7. The van der Waals surface area contributed by atoms with Crippen molar-refractivity contribution in [3.63, 3.8) is 0 Å². The number of nitrogens with zero attached hydrogens (tertiary/aromatic N) is 1. The van der Waals surface area contributed by atoms with E-state index < -0.39 is 6.04 Å². The number of nitro groups is 1. The largest absolute Gasteiger partial charge is 0.264 e. The molecule has 0 aromatic heterocycles. The Morgan fingerprint density at radius 2 is 1.53 bits per heavy atom. The fraction of sp³-hybridized carbons (Fsp3) is 0.200. The van der Waals surface area contributed by atoms with Gasteiger partial charge in [0, 0.05) is 16.7 Å². The number of thioether (sulfide) groups is 1. The summed E-state index contributed by atoms with van der Waals surface area (Å²) in [6.07, 6.45) is 0. The number of rotatable bonds is 5. The molecule has 0 radical (unpaired) electrons. The first-order valence-corrected chi connectivity index (χ1v) is 6.96. The molecule has 0 aliphatic carbocycles. The third-order valence-corrected chi connectivity index (χ3v) is 4.37. The molecule has 0 aliphatic rings. The molecule has 98 valence electrons. The monoisotopic (exact) mass is 273 g/mol. The Morgan fingerprint density at radius 1 is 1.00 bits per heavy atom. The third kappa shape index (κ3) is 3.58. The number of hydrogen-bond acceptors (Lipinski definition) is 3. The van der Waals surface area contributed by atoms with E-state index in [1.165, 1.54) is 11.8 Å². The SMILES string of the molecule is C[C@H]([C@@H](Sc1ccccc1)c1ccccc1)[N+](=O)[O-]. The summed E-state index contributed by atoms with van der Waals surface area (Å²) >= 11 is 1.54. The fourth-order valence-electron chi connectivity index (χ4n) is 1.84. The second-order valence-electron chi connectivity index (χ2n) is 4.29. The summed E-state index contributed by atoms with van der Waals surface area (Å²) in [4.78, 5) is 11.9. The molecule has 3 nitrogen and oxygen atoms in total. The van der Waals surface area contributed by atoms with Gasteiger partial charge in [0.1, 0.15) is 5.25 Å². The van der Waals surface area contributed by atoms with Crippen LogP contribution in [0.3, 0.4) is 0 Å². The van der Waals surface area contributed by atoms with E-state index in [-0.39, 0.29) is 10.2 Å². The van der Waals surface area contributed by atoms with Crippen LogP contribution in [0, 0.1) is 10.1 Å². The predicted octanol–water partition coefficient (Wildman–Crippen LogP) is 4.19. The van der Waals surface area contributed by atoms with E-state index in [0.717, 1.165) is 10.5 Å². The Labute approximate surface area is 116 Å². The van der Waals surface area contributed by atoms with Crippen LogP contribution in [0.25, 0.3) is 0 Å². The van der Waals surface area contributed by atoms with Gasteiger partial charge in [-0.25, -0.2) is 0 Å². The van der Waals surface area contributed by atoms with Gasteiger partial charge in [-0.1, -0.05) is 48.5 Å². The smallest absolute Gasteiger partial charge is 0.226 e. The van der Waals surface area contributed by atoms with E-state index in [4.69, 9.17) is 0 Å². The van der Waals surface area contributed by atoms with Crippen LogP contribution >= 0.6 is 11.8 Å². The summed E-state index contributed by atoms with van der Waals surface area (Å²) in [5.74, 6) is 0. The van der Waals surface area contributed by atoms with Crippen LogP contribution < -0.4 is 0 Å². The molecule has 0 saturated carbocycles. The number of hydrogen-bond donors (Lipinski definition) is 0. The maximum absolute atomic E-state index is 11.1. The summed E-state index contributed by atoms with van der Waals surface area (Å²) in [5, 5.41) is 10.9. The van der Waals surface area contributed by atoms with Crippen LogP contribution in [-0.2, 0) is 0 Å². The fourth-order valence-corrected chi connectivity index (χ4v) is 3.04. The molecule has 0 N–H and O–H groups in total. The lowest BCUT2D eigenvalue weighted by Crippen LogP contribution is -2.22. The van der Waals surface area contributed by atoms with Gasteiger partial charge >= 0.3 is 0 Å². The topological polar surface area (TPSA) is 43.1 Å². The summed E-state index contributed by atoms with van der Waals surface area (Å²) < 4.78 is 0. The van der Waals surface area contributed by atoms with Crippen molar-refractivity contribution in [3.05, 3.63) is 76.3 Å². The maximum atomic E-state index is 11.1. The van der Waals surface area contributed by atoms with E-state index in [0.29, 0.717) is 0 Å². The van der Waals surface area contributed by atoms with Crippen LogP contribution in [0.2, 0.25) is 0 Å². The first-order chi connectivity index (χ1) is 9.18. The van der Waals surface area contributed by atoms with Crippen molar-refractivity contribution >= 4 is 11.8 Å². The normalized spacial score (nSPS) is 13.7. The molecule has 0 bridgehead atoms. The lowest BCUT2D eigenvalue weighted by Gasteiger charge is -2.18. The summed E-state index contributed by atoms with van der Waals surface area (Å²) in [5.41, 5.74) is 0.987. The van der Waals surface area contributed by atoms with Gasteiger partial charge in [-0.2, -0.15) is 0 Å². The highest BCUT2D eigenvalue weighted by Gasteiger charge is 2.28. The van der Waals surface area contributed by atoms with Crippen molar-refractivity contribution in [2.75, 3.05) is 0 Å². The van der Waals surface area contributed by atoms with Crippen LogP contribution in [0.4, 0.5) is 0 Å². The van der Waals surface area contributed by atoms with Crippen molar-refractivity contribution in [1.82, 2.24) is 0 Å². The molecule has 0 fully saturated rings. The van der Waals surface area contributed by atoms with Gasteiger partial charge < -0.3 is 0 Å². The van der Waals surface area contributed by atoms with Gasteiger partial charge in [0.05, 0.1) is 0 Å². The van der Waals surface area contributed by atoms with Gasteiger partial charge in [-0.05, 0) is 17.7 Å². The number of benzene rings is 2. The highest BCUT2D eigenvalue weighted by molar-refractivity contribution is 7.99.